The van der Waals surface area contributed by atoms with E-state index in [0.717, 1.165) is 16.5 Å². The Morgan fingerprint density at radius 3 is 2.89 bits per heavy atom. The number of carbonyl (C=O) groups is 1. The number of aromatic carboxylic acids is 1. The monoisotopic (exact) mass is 259 g/mol. The molecule has 0 aliphatic rings. The molecule has 19 heavy (non-hydrogen) atoms. The average molecular weight is 259 g/mol. The maximum absolute atomic E-state index is 13.2. The number of benzene rings is 1. The Balaban J connectivity index is 2.22. The highest BCUT2D eigenvalue weighted by atomic mass is 19.1. The van der Waals surface area contributed by atoms with Crippen molar-refractivity contribution in [1.82, 2.24) is 14.8 Å². The molecule has 0 aliphatic heterocycles. The molecule has 0 aliphatic carbocycles. The number of carboxylic acid groups (broad SMARTS) is 1. The van der Waals surface area contributed by atoms with Crippen LogP contribution in [0.5, 0.6) is 0 Å². The Morgan fingerprint density at radius 2 is 2.21 bits per heavy atom. The molecular formula is C13H10FN3O2. The first-order valence-electron chi connectivity index (χ1n) is 5.60. The zero-order valence-corrected chi connectivity index (χ0v) is 10.0. The lowest BCUT2D eigenvalue weighted by atomic mass is 10.1. The summed E-state index contributed by atoms with van der Waals surface area (Å²) in [4.78, 5) is 10.8. The lowest BCUT2D eigenvalue weighted by Gasteiger charge is -1.95. The number of H-pyrrole nitrogens is 1. The lowest BCUT2D eigenvalue weighted by Crippen LogP contribution is -1.95. The van der Waals surface area contributed by atoms with Crippen LogP contribution in [-0.2, 0) is 7.05 Å². The Morgan fingerprint density at radius 1 is 1.42 bits per heavy atom. The van der Waals surface area contributed by atoms with Gasteiger partial charge in [0, 0.05) is 24.2 Å². The van der Waals surface area contributed by atoms with Gasteiger partial charge in [0.05, 0.1) is 11.2 Å². The second kappa shape index (κ2) is 3.94. The highest BCUT2D eigenvalue weighted by Gasteiger charge is 2.14. The maximum atomic E-state index is 13.2. The van der Waals surface area contributed by atoms with E-state index in [0.29, 0.717) is 5.69 Å². The van der Waals surface area contributed by atoms with Gasteiger partial charge in [-0.3, -0.25) is 5.10 Å². The summed E-state index contributed by atoms with van der Waals surface area (Å²) in [6.45, 7) is 0. The number of aryl methyl sites for hydroxylation is 1. The largest absolute Gasteiger partial charge is 0.477 e. The summed E-state index contributed by atoms with van der Waals surface area (Å²) in [7, 11) is 1.80. The number of fused-ring (bicyclic) bond motifs is 1. The van der Waals surface area contributed by atoms with Gasteiger partial charge < -0.3 is 9.67 Å². The van der Waals surface area contributed by atoms with Gasteiger partial charge in [-0.1, -0.05) is 0 Å². The molecule has 3 aromatic rings. The molecule has 6 heteroatoms. The molecule has 0 fully saturated rings. The fourth-order valence-electron chi connectivity index (χ4n) is 2.13. The van der Waals surface area contributed by atoms with Crippen LogP contribution in [0.25, 0.3) is 22.2 Å². The van der Waals surface area contributed by atoms with Crippen LogP contribution in [0, 0.1) is 5.82 Å². The Kier molecular flexibility index (Phi) is 2.38. The minimum atomic E-state index is -1.06. The number of aromatic nitrogens is 3. The van der Waals surface area contributed by atoms with Crippen molar-refractivity contribution in [1.29, 1.82) is 0 Å². The van der Waals surface area contributed by atoms with Gasteiger partial charge in [-0.15, -0.1) is 0 Å². The average Bonchev–Trinajstić information content (AvgIpc) is 2.95. The molecule has 0 amide bonds. The first-order valence-corrected chi connectivity index (χ1v) is 5.60. The van der Waals surface area contributed by atoms with E-state index in [4.69, 9.17) is 5.11 Å². The van der Waals surface area contributed by atoms with Crippen molar-refractivity contribution < 1.29 is 14.3 Å². The van der Waals surface area contributed by atoms with Gasteiger partial charge >= 0.3 is 5.97 Å². The summed E-state index contributed by atoms with van der Waals surface area (Å²) in [5, 5.41) is 16.1. The fraction of sp³-hybridized carbons (Fsp3) is 0.0769. The van der Waals surface area contributed by atoms with Gasteiger partial charge in [0.15, 0.2) is 0 Å². The standard InChI is InChI=1S/C13H10FN3O2/c1-17-6-9(8-3-2-7(14)4-12(8)17)10-5-11(13(18)19)16-15-10/h2-6H,1H3,(H,15,16)(H,18,19). The van der Waals surface area contributed by atoms with Gasteiger partial charge in [0.2, 0.25) is 0 Å². The normalized spacial score (nSPS) is 11.1. The third kappa shape index (κ3) is 1.77. The van der Waals surface area contributed by atoms with Crippen molar-refractivity contribution in [2.75, 3.05) is 0 Å². The van der Waals surface area contributed by atoms with Crippen molar-refractivity contribution in [3.8, 4) is 11.3 Å². The summed E-state index contributed by atoms with van der Waals surface area (Å²) in [6.07, 6.45) is 1.80. The quantitative estimate of drug-likeness (QED) is 0.742. The smallest absolute Gasteiger partial charge is 0.353 e. The molecule has 0 radical (unpaired) electrons. The van der Waals surface area contributed by atoms with Crippen LogP contribution in [0.15, 0.2) is 30.5 Å². The van der Waals surface area contributed by atoms with E-state index in [9.17, 15) is 9.18 Å². The Bertz CT molecular complexity index is 788. The van der Waals surface area contributed by atoms with Gasteiger partial charge in [-0.25, -0.2) is 9.18 Å². The Hall–Kier alpha value is -2.63. The number of hydrogen-bond acceptors (Lipinski definition) is 2. The summed E-state index contributed by atoms with van der Waals surface area (Å²) in [5.41, 5.74) is 2.04. The van der Waals surface area contributed by atoms with E-state index >= 15 is 0 Å². The molecule has 0 saturated carbocycles. The summed E-state index contributed by atoms with van der Waals surface area (Å²) < 4.78 is 15.0. The summed E-state index contributed by atoms with van der Waals surface area (Å²) in [5.74, 6) is -1.38. The van der Waals surface area contributed by atoms with Crippen molar-refractivity contribution in [2.45, 2.75) is 0 Å². The van der Waals surface area contributed by atoms with Crippen LogP contribution in [0.4, 0.5) is 4.39 Å². The van der Waals surface area contributed by atoms with E-state index in [2.05, 4.69) is 10.2 Å². The molecule has 0 bridgehead atoms. The lowest BCUT2D eigenvalue weighted by molar-refractivity contribution is 0.0690. The molecule has 2 heterocycles. The van der Waals surface area contributed by atoms with E-state index in [1.165, 1.54) is 18.2 Å². The van der Waals surface area contributed by atoms with Gasteiger partial charge in [-0.05, 0) is 24.3 Å². The Labute approximate surface area is 107 Å². The van der Waals surface area contributed by atoms with Crippen molar-refractivity contribution >= 4 is 16.9 Å². The molecule has 2 aromatic heterocycles. The van der Waals surface area contributed by atoms with E-state index in [1.807, 2.05) is 0 Å². The molecular weight excluding hydrogens is 249 g/mol. The van der Waals surface area contributed by atoms with Crippen LogP contribution in [0.2, 0.25) is 0 Å². The van der Waals surface area contributed by atoms with Gasteiger partial charge in [-0.2, -0.15) is 5.10 Å². The first-order chi connectivity index (χ1) is 9.06. The highest BCUT2D eigenvalue weighted by Crippen LogP contribution is 2.29. The van der Waals surface area contributed by atoms with Crippen LogP contribution in [-0.4, -0.2) is 25.8 Å². The topological polar surface area (TPSA) is 70.9 Å². The first kappa shape index (κ1) is 11.5. The minimum Gasteiger partial charge on any atom is -0.477 e. The molecule has 0 spiro atoms. The van der Waals surface area contributed by atoms with Crippen molar-refractivity contribution in [3.63, 3.8) is 0 Å². The SMILES string of the molecule is Cn1cc(-c2cc(C(=O)O)[nH]n2)c2ccc(F)cc21. The van der Waals surface area contributed by atoms with Crippen LogP contribution < -0.4 is 0 Å². The minimum absolute atomic E-state index is 0.0223. The highest BCUT2D eigenvalue weighted by molar-refractivity contribution is 5.96. The van der Waals surface area contributed by atoms with E-state index in [1.54, 1.807) is 23.9 Å². The number of hydrogen-bond donors (Lipinski definition) is 2. The summed E-state index contributed by atoms with van der Waals surface area (Å²) in [6, 6.07) is 5.93. The second-order valence-electron chi connectivity index (χ2n) is 4.29. The summed E-state index contributed by atoms with van der Waals surface area (Å²) >= 11 is 0. The molecule has 1 aromatic carbocycles. The van der Waals surface area contributed by atoms with Crippen LogP contribution >= 0.6 is 0 Å². The second-order valence-corrected chi connectivity index (χ2v) is 4.29. The molecule has 3 rings (SSSR count). The molecule has 0 saturated heterocycles. The number of nitrogens with one attached hydrogen (secondary N) is 1. The predicted octanol–water partition coefficient (Wildman–Crippen LogP) is 2.41. The number of aromatic amines is 1. The molecule has 2 N–H and O–H groups in total. The molecule has 5 nitrogen and oxygen atoms in total. The number of halogens is 1. The number of rotatable bonds is 2. The van der Waals surface area contributed by atoms with Crippen molar-refractivity contribution in [3.05, 3.63) is 42.0 Å². The number of carboxylic acids is 1. The molecule has 96 valence electrons. The fourth-order valence-corrected chi connectivity index (χ4v) is 2.13. The third-order valence-corrected chi connectivity index (χ3v) is 3.04. The van der Waals surface area contributed by atoms with Crippen LogP contribution in [0.3, 0.4) is 0 Å². The molecule has 0 atom stereocenters. The third-order valence-electron chi connectivity index (χ3n) is 3.04. The van der Waals surface area contributed by atoms with Crippen LogP contribution in [0.1, 0.15) is 10.5 Å². The zero-order chi connectivity index (χ0) is 13.6. The van der Waals surface area contributed by atoms with E-state index in [-0.39, 0.29) is 11.5 Å². The van der Waals surface area contributed by atoms with E-state index < -0.39 is 5.97 Å². The van der Waals surface area contributed by atoms with Crippen molar-refractivity contribution in [2.24, 2.45) is 7.05 Å². The zero-order valence-electron chi connectivity index (χ0n) is 10.0. The predicted molar refractivity (Wildman–Crippen MR) is 67.4 cm³/mol. The molecule has 0 unspecified atom stereocenters. The van der Waals surface area contributed by atoms with Gasteiger partial charge in [0.1, 0.15) is 11.5 Å². The maximum Gasteiger partial charge on any atom is 0.353 e. The van der Waals surface area contributed by atoms with Gasteiger partial charge in [0.25, 0.3) is 0 Å². The number of nitrogens with zero attached hydrogens (tertiary/aromatic N) is 2.